The molecule has 2 fully saturated rings. The second kappa shape index (κ2) is 11.7. The Balaban J connectivity index is 1.05. The van der Waals surface area contributed by atoms with E-state index in [9.17, 15) is 20.4 Å². The second-order valence-electron chi connectivity index (χ2n) is 12.7. The van der Waals surface area contributed by atoms with Gasteiger partial charge >= 0.3 is 0 Å². The quantitative estimate of drug-likeness (QED) is 0.147. The number of nitrogens with zero attached hydrogens (tertiary/aromatic N) is 6. The maximum Gasteiger partial charge on any atom is 0.167 e. The molecule has 4 atom stereocenters. The first kappa shape index (κ1) is 29.9. The van der Waals surface area contributed by atoms with Gasteiger partial charge in [-0.1, -0.05) is 13.0 Å². The van der Waals surface area contributed by atoms with E-state index in [1.807, 2.05) is 25.1 Å². The smallest absolute Gasteiger partial charge is 0.167 e. The maximum atomic E-state index is 10.9. The molecule has 13 heteroatoms. The predicted octanol–water partition coefficient (Wildman–Crippen LogP) is 1.27. The van der Waals surface area contributed by atoms with Crippen molar-refractivity contribution >= 4 is 28.0 Å². The standard InChI is InChI=1S/C30H42N8O5/c1-16(2)37(11-22-25(41)26(42)29(43-22)38-15-34-24-27(31)32-14-33-28(24)38)19-8-17(9-19)4-7-23-35-20-6-5-18(10-21(20)36-23)30(3,12-39)13-40/h5-6,10,14-17,19,22,25-26,29,39-42H,4,7-9,11-13H2,1-3H3,(H,35,36)(H2,31,32,33)/t17?,19?,22-,25-,26-,29-/m1/s1. The average Bonchev–Trinajstić information content (AvgIpc) is 3.67. The van der Waals surface area contributed by atoms with Crippen molar-refractivity contribution in [3.8, 4) is 0 Å². The van der Waals surface area contributed by atoms with Gasteiger partial charge in [-0.3, -0.25) is 9.47 Å². The Bertz CT molecular complexity index is 1560. The molecule has 0 radical (unpaired) electrons. The number of nitrogens with two attached hydrogens (primary N) is 1. The first-order chi connectivity index (χ1) is 20.6. The van der Waals surface area contributed by atoms with E-state index in [2.05, 4.69) is 38.7 Å². The van der Waals surface area contributed by atoms with E-state index < -0.39 is 30.0 Å². The first-order valence-electron chi connectivity index (χ1n) is 15.0. The van der Waals surface area contributed by atoms with Gasteiger partial charge in [-0.25, -0.2) is 19.9 Å². The molecule has 1 aliphatic heterocycles. The third-order valence-corrected chi connectivity index (χ3v) is 9.45. The van der Waals surface area contributed by atoms with Crippen LogP contribution in [0.2, 0.25) is 0 Å². The van der Waals surface area contributed by atoms with Crippen molar-refractivity contribution in [1.29, 1.82) is 0 Å². The summed E-state index contributed by atoms with van der Waals surface area (Å²) in [6, 6.07) is 6.44. The number of hydrogen-bond donors (Lipinski definition) is 6. The van der Waals surface area contributed by atoms with E-state index in [-0.39, 0.29) is 25.1 Å². The highest BCUT2D eigenvalue weighted by Crippen LogP contribution is 2.38. The lowest BCUT2D eigenvalue weighted by atomic mass is 9.76. The molecular formula is C30H42N8O5. The summed E-state index contributed by atoms with van der Waals surface area (Å²) in [5.74, 6) is 1.75. The largest absolute Gasteiger partial charge is 0.395 e. The van der Waals surface area contributed by atoms with Gasteiger partial charge in [0.1, 0.15) is 36.0 Å². The van der Waals surface area contributed by atoms with E-state index >= 15 is 0 Å². The number of aromatic nitrogens is 6. The lowest BCUT2D eigenvalue weighted by Gasteiger charge is -2.46. The molecule has 1 saturated heterocycles. The monoisotopic (exact) mass is 594 g/mol. The van der Waals surface area contributed by atoms with Crippen LogP contribution in [0.25, 0.3) is 22.2 Å². The number of aromatic amines is 1. The Morgan fingerprint density at radius 3 is 2.63 bits per heavy atom. The minimum atomic E-state index is -1.14. The number of nitrogen functional groups attached to an aromatic ring is 1. The summed E-state index contributed by atoms with van der Waals surface area (Å²) >= 11 is 0. The lowest BCUT2D eigenvalue weighted by molar-refractivity contribution is -0.0620. The number of anilines is 1. The summed E-state index contributed by atoms with van der Waals surface area (Å²) in [5, 5.41) is 41.3. The molecule has 6 rings (SSSR count). The molecule has 0 bridgehead atoms. The molecule has 232 valence electrons. The van der Waals surface area contributed by atoms with Crippen molar-refractivity contribution in [2.45, 2.75) is 88.5 Å². The SMILES string of the molecule is CC(C)N(C[C@H]1O[C@@H](n2cnc3c(N)ncnc32)[C@H](O)[C@@H]1O)C1CC(CCc2nc3ccc(C(C)(CO)CO)cc3[nH]2)C1. The van der Waals surface area contributed by atoms with Gasteiger partial charge < -0.3 is 35.9 Å². The van der Waals surface area contributed by atoms with Crippen LogP contribution < -0.4 is 5.73 Å². The fourth-order valence-electron chi connectivity index (χ4n) is 6.49. The van der Waals surface area contributed by atoms with Crippen molar-refractivity contribution in [1.82, 2.24) is 34.4 Å². The van der Waals surface area contributed by atoms with Crippen LogP contribution in [-0.2, 0) is 16.6 Å². The number of aliphatic hydroxyl groups is 4. The van der Waals surface area contributed by atoms with E-state index in [1.54, 1.807) is 4.57 Å². The Morgan fingerprint density at radius 2 is 1.91 bits per heavy atom. The Hall–Kier alpha value is -3.20. The van der Waals surface area contributed by atoms with Crippen LogP contribution in [-0.4, -0.2) is 105 Å². The van der Waals surface area contributed by atoms with Crippen molar-refractivity contribution in [2.24, 2.45) is 5.92 Å². The third-order valence-electron chi connectivity index (χ3n) is 9.45. The number of aryl methyl sites for hydroxylation is 1. The normalized spacial score (nSPS) is 26.3. The highest BCUT2D eigenvalue weighted by Gasteiger charge is 2.46. The zero-order valence-electron chi connectivity index (χ0n) is 24.8. The number of benzene rings is 1. The topological polar surface area (TPSA) is 192 Å². The number of imidazole rings is 2. The first-order valence-corrected chi connectivity index (χ1v) is 15.0. The minimum Gasteiger partial charge on any atom is -0.395 e. The van der Waals surface area contributed by atoms with E-state index in [0.29, 0.717) is 29.7 Å². The molecule has 7 N–H and O–H groups in total. The van der Waals surface area contributed by atoms with Gasteiger partial charge in [-0.15, -0.1) is 0 Å². The van der Waals surface area contributed by atoms with Crippen LogP contribution in [0.1, 0.15) is 57.6 Å². The van der Waals surface area contributed by atoms with Gasteiger partial charge in [0.2, 0.25) is 0 Å². The van der Waals surface area contributed by atoms with Gasteiger partial charge in [0.25, 0.3) is 0 Å². The summed E-state index contributed by atoms with van der Waals surface area (Å²) in [6.45, 7) is 6.37. The van der Waals surface area contributed by atoms with Crippen LogP contribution in [0.4, 0.5) is 5.82 Å². The van der Waals surface area contributed by atoms with Gasteiger partial charge in [0.05, 0.1) is 30.6 Å². The fraction of sp³-hybridized carbons (Fsp3) is 0.600. The van der Waals surface area contributed by atoms with Crippen LogP contribution in [0.5, 0.6) is 0 Å². The number of hydrogen-bond acceptors (Lipinski definition) is 11. The Labute approximate surface area is 249 Å². The molecule has 13 nitrogen and oxygen atoms in total. The Kier molecular flexibility index (Phi) is 8.13. The zero-order valence-corrected chi connectivity index (χ0v) is 24.8. The van der Waals surface area contributed by atoms with Crippen LogP contribution in [0.3, 0.4) is 0 Å². The molecule has 2 aliphatic rings. The summed E-state index contributed by atoms with van der Waals surface area (Å²) in [4.78, 5) is 23.0. The van der Waals surface area contributed by atoms with E-state index in [1.165, 1.54) is 12.7 Å². The maximum absolute atomic E-state index is 10.9. The molecule has 0 amide bonds. The molecular weight excluding hydrogens is 552 g/mol. The molecule has 4 heterocycles. The number of fused-ring (bicyclic) bond motifs is 2. The van der Waals surface area contributed by atoms with Gasteiger partial charge in [0, 0.05) is 30.5 Å². The van der Waals surface area contributed by atoms with Crippen LogP contribution >= 0.6 is 0 Å². The summed E-state index contributed by atoms with van der Waals surface area (Å²) in [6.07, 6.45) is 3.21. The van der Waals surface area contributed by atoms with Crippen molar-refractivity contribution in [3.05, 3.63) is 42.2 Å². The average molecular weight is 595 g/mol. The summed E-state index contributed by atoms with van der Waals surface area (Å²) in [7, 11) is 0. The predicted molar refractivity (Wildman–Crippen MR) is 160 cm³/mol. The lowest BCUT2D eigenvalue weighted by Crippen LogP contribution is -2.52. The van der Waals surface area contributed by atoms with Crippen molar-refractivity contribution in [2.75, 3.05) is 25.5 Å². The molecule has 3 aromatic heterocycles. The number of nitrogens with one attached hydrogen (secondary N) is 1. The van der Waals surface area contributed by atoms with E-state index in [4.69, 9.17) is 15.5 Å². The van der Waals surface area contributed by atoms with E-state index in [0.717, 1.165) is 48.1 Å². The molecule has 1 saturated carbocycles. The molecule has 43 heavy (non-hydrogen) atoms. The van der Waals surface area contributed by atoms with Gasteiger partial charge in [-0.05, 0) is 56.7 Å². The van der Waals surface area contributed by atoms with Crippen molar-refractivity contribution in [3.63, 3.8) is 0 Å². The zero-order chi connectivity index (χ0) is 30.5. The number of H-pyrrole nitrogens is 1. The molecule has 1 aliphatic carbocycles. The van der Waals surface area contributed by atoms with Gasteiger partial charge in [-0.2, -0.15) is 0 Å². The third kappa shape index (κ3) is 5.49. The number of aliphatic hydroxyl groups excluding tert-OH is 4. The van der Waals surface area contributed by atoms with Crippen molar-refractivity contribution < 1.29 is 25.2 Å². The molecule has 4 aromatic rings. The highest BCUT2D eigenvalue weighted by atomic mass is 16.6. The summed E-state index contributed by atoms with van der Waals surface area (Å²) < 4.78 is 7.83. The van der Waals surface area contributed by atoms with Crippen LogP contribution in [0.15, 0.2) is 30.9 Å². The minimum absolute atomic E-state index is 0.133. The molecule has 1 aromatic carbocycles. The molecule has 0 spiro atoms. The highest BCUT2D eigenvalue weighted by molar-refractivity contribution is 5.81. The Morgan fingerprint density at radius 1 is 1.14 bits per heavy atom. The van der Waals surface area contributed by atoms with Gasteiger partial charge in [0.15, 0.2) is 17.7 Å². The number of ether oxygens (including phenoxy) is 1. The second-order valence-corrected chi connectivity index (χ2v) is 12.7. The number of rotatable bonds is 11. The molecule has 0 unspecified atom stereocenters. The van der Waals surface area contributed by atoms with Crippen LogP contribution in [0, 0.1) is 5.92 Å². The fourth-order valence-corrected chi connectivity index (χ4v) is 6.49. The summed E-state index contributed by atoms with van der Waals surface area (Å²) in [5.41, 5.74) is 8.77.